The van der Waals surface area contributed by atoms with Crippen LogP contribution < -0.4 is 10.2 Å². The maximum absolute atomic E-state index is 12.4. The van der Waals surface area contributed by atoms with Gasteiger partial charge in [0.15, 0.2) is 6.54 Å². The predicted octanol–water partition coefficient (Wildman–Crippen LogP) is 2.14. The maximum atomic E-state index is 12.4. The lowest BCUT2D eigenvalue weighted by molar-refractivity contribution is -0.897. The van der Waals surface area contributed by atoms with E-state index in [0.717, 1.165) is 48.8 Å². The number of piperidine rings is 1. The lowest BCUT2D eigenvalue weighted by atomic mass is 9.99. The van der Waals surface area contributed by atoms with Crippen LogP contribution in [-0.2, 0) is 17.6 Å². The molecular weight excluding hydrogens is 306 g/mol. The SMILES string of the molecule is CC1CC[NH+](CC(=O)Nc2sc3c(c2C#N)CCCCC3)CC1. The Kier molecular flexibility index (Phi) is 5.34. The number of nitrogens with zero attached hydrogens (tertiary/aromatic N) is 1. The van der Waals surface area contributed by atoms with Crippen LogP contribution >= 0.6 is 11.3 Å². The highest BCUT2D eigenvalue weighted by atomic mass is 32.1. The normalized spacial score (nSPS) is 24.3. The van der Waals surface area contributed by atoms with E-state index < -0.39 is 0 Å². The van der Waals surface area contributed by atoms with E-state index in [1.165, 1.54) is 41.0 Å². The quantitative estimate of drug-likeness (QED) is 0.833. The highest BCUT2D eigenvalue weighted by molar-refractivity contribution is 7.16. The smallest absolute Gasteiger partial charge is 0.280 e. The second-order valence-electron chi connectivity index (χ2n) is 7.04. The first kappa shape index (κ1) is 16.5. The zero-order valence-electron chi connectivity index (χ0n) is 13.9. The van der Waals surface area contributed by atoms with Crippen LogP contribution in [-0.4, -0.2) is 25.5 Å². The van der Waals surface area contributed by atoms with Crippen molar-refractivity contribution in [1.29, 1.82) is 5.26 Å². The summed E-state index contributed by atoms with van der Waals surface area (Å²) >= 11 is 1.63. The zero-order chi connectivity index (χ0) is 16.2. The molecule has 0 bridgehead atoms. The van der Waals surface area contributed by atoms with Gasteiger partial charge in [-0.1, -0.05) is 13.3 Å². The third kappa shape index (κ3) is 3.94. The van der Waals surface area contributed by atoms with Crippen molar-refractivity contribution in [2.24, 2.45) is 5.92 Å². The number of thiophene rings is 1. The van der Waals surface area contributed by atoms with Gasteiger partial charge in [0.1, 0.15) is 11.1 Å². The fourth-order valence-corrected chi connectivity index (χ4v) is 4.95. The topological polar surface area (TPSA) is 57.3 Å². The van der Waals surface area contributed by atoms with E-state index in [4.69, 9.17) is 0 Å². The van der Waals surface area contributed by atoms with Gasteiger partial charge in [-0.25, -0.2) is 0 Å². The third-order valence-corrected chi connectivity index (χ3v) is 6.39. The minimum absolute atomic E-state index is 0.0578. The van der Waals surface area contributed by atoms with Crippen molar-refractivity contribution in [3.05, 3.63) is 16.0 Å². The molecule has 0 saturated carbocycles. The fraction of sp³-hybridized carbons (Fsp3) is 0.667. The fourth-order valence-electron chi connectivity index (χ4n) is 3.69. The number of hydrogen-bond acceptors (Lipinski definition) is 3. The molecule has 1 fully saturated rings. The van der Waals surface area contributed by atoms with Crippen molar-refractivity contribution in [2.75, 3.05) is 25.0 Å². The van der Waals surface area contributed by atoms with E-state index in [1.807, 2.05) is 0 Å². The van der Waals surface area contributed by atoms with Crippen molar-refractivity contribution >= 4 is 22.2 Å². The lowest BCUT2D eigenvalue weighted by Gasteiger charge is -2.26. The molecule has 0 aromatic carbocycles. The van der Waals surface area contributed by atoms with Crippen LogP contribution in [0.3, 0.4) is 0 Å². The van der Waals surface area contributed by atoms with Gasteiger partial charge in [0.25, 0.3) is 5.91 Å². The summed E-state index contributed by atoms with van der Waals surface area (Å²) in [6, 6.07) is 2.34. The Balaban J connectivity index is 1.65. The Morgan fingerprint density at radius 1 is 1.30 bits per heavy atom. The number of carbonyl (C=O) groups is 1. The minimum Gasteiger partial charge on any atom is -0.327 e. The van der Waals surface area contributed by atoms with E-state index in [-0.39, 0.29) is 5.91 Å². The summed E-state index contributed by atoms with van der Waals surface area (Å²) in [5, 5.41) is 13.3. The molecule has 2 N–H and O–H groups in total. The molecule has 2 heterocycles. The van der Waals surface area contributed by atoms with Crippen LogP contribution in [0.25, 0.3) is 0 Å². The first-order valence-electron chi connectivity index (χ1n) is 8.85. The van der Waals surface area contributed by atoms with E-state index >= 15 is 0 Å². The molecule has 0 unspecified atom stereocenters. The summed E-state index contributed by atoms with van der Waals surface area (Å²) in [6.07, 6.45) is 8.05. The number of hydrogen-bond donors (Lipinski definition) is 2. The van der Waals surface area contributed by atoms with Crippen LogP contribution in [0, 0.1) is 17.2 Å². The van der Waals surface area contributed by atoms with Crippen molar-refractivity contribution < 1.29 is 9.69 Å². The average Bonchev–Trinajstić information content (AvgIpc) is 2.69. The summed E-state index contributed by atoms with van der Waals surface area (Å²) < 4.78 is 0. The van der Waals surface area contributed by atoms with Gasteiger partial charge >= 0.3 is 0 Å². The van der Waals surface area contributed by atoms with Gasteiger partial charge in [0.05, 0.1) is 18.7 Å². The van der Waals surface area contributed by atoms with E-state index in [1.54, 1.807) is 11.3 Å². The number of fused-ring (bicyclic) bond motifs is 1. The van der Waals surface area contributed by atoms with Gasteiger partial charge in [-0.3, -0.25) is 4.79 Å². The molecule has 1 aromatic rings. The van der Waals surface area contributed by atoms with Gasteiger partial charge in [-0.05, 0) is 50.0 Å². The number of carbonyl (C=O) groups excluding carboxylic acids is 1. The number of quaternary nitrogens is 1. The zero-order valence-corrected chi connectivity index (χ0v) is 14.7. The third-order valence-electron chi connectivity index (χ3n) is 5.18. The molecule has 0 atom stereocenters. The monoisotopic (exact) mass is 332 g/mol. The summed E-state index contributed by atoms with van der Waals surface area (Å²) in [5.41, 5.74) is 1.92. The maximum Gasteiger partial charge on any atom is 0.280 e. The van der Waals surface area contributed by atoms with Gasteiger partial charge in [-0.2, -0.15) is 5.26 Å². The molecule has 1 aromatic heterocycles. The molecule has 3 rings (SSSR count). The number of anilines is 1. The molecule has 1 amide bonds. The Bertz CT molecular complexity index is 609. The average molecular weight is 332 g/mol. The molecule has 1 aliphatic heterocycles. The van der Waals surface area contributed by atoms with Gasteiger partial charge in [0, 0.05) is 4.88 Å². The molecule has 0 radical (unpaired) electrons. The minimum atomic E-state index is 0.0578. The second kappa shape index (κ2) is 7.46. The Labute approximate surface area is 142 Å². The predicted molar refractivity (Wildman–Crippen MR) is 92.9 cm³/mol. The summed E-state index contributed by atoms with van der Waals surface area (Å²) in [4.78, 5) is 15.1. The summed E-state index contributed by atoms with van der Waals surface area (Å²) in [7, 11) is 0. The van der Waals surface area contributed by atoms with Crippen LogP contribution in [0.5, 0.6) is 0 Å². The highest BCUT2D eigenvalue weighted by Gasteiger charge is 2.24. The molecule has 2 aliphatic rings. The Morgan fingerprint density at radius 3 is 2.78 bits per heavy atom. The van der Waals surface area contributed by atoms with E-state index in [0.29, 0.717) is 6.54 Å². The molecule has 0 spiro atoms. The van der Waals surface area contributed by atoms with E-state index in [9.17, 15) is 10.1 Å². The van der Waals surface area contributed by atoms with Crippen molar-refractivity contribution in [2.45, 2.75) is 51.9 Å². The molecular formula is C18H26N3OS+. The Hall–Kier alpha value is -1.38. The number of rotatable bonds is 3. The van der Waals surface area contributed by atoms with Gasteiger partial charge in [-0.15, -0.1) is 11.3 Å². The second-order valence-corrected chi connectivity index (χ2v) is 8.14. The van der Waals surface area contributed by atoms with Crippen molar-refractivity contribution in [3.63, 3.8) is 0 Å². The van der Waals surface area contributed by atoms with Crippen molar-refractivity contribution in [3.8, 4) is 6.07 Å². The molecule has 1 aliphatic carbocycles. The van der Waals surface area contributed by atoms with Crippen LogP contribution in [0.4, 0.5) is 5.00 Å². The van der Waals surface area contributed by atoms with Crippen molar-refractivity contribution in [1.82, 2.24) is 0 Å². The number of aryl methyl sites for hydroxylation is 1. The number of amides is 1. The lowest BCUT2D eigenvalue weighted by Crippen LogP contribution is -3.14. The number of nitriles is 1. The molecule has 4 nitrogen and oxygen atoms in total. The summed E-state index contributed by atoms with van der Waals surface area (Å²) in [6.45, 7) is 4.98. The molecule has 5 heteroatoms. The van der Waals surface area contributed by atoms with E-state index in [2.05, 4.69) is 18.3 Å². The summed E-state index contributed by atoms with van der Waals surface area (Å²) in [5.74, 6) is 0.849. The largest absolute Gasteiger partial charge is 0.327 e. The van der Waals surface area contributed by atoms with Crippen LogP contribution in [0.2, 0.25) is 0 Å². The molecule has 124 valence electrons. The van der Waals surface area contributed by atoms with Crippen LogP contribution in [0.1, 0.15) is 55.0 Å². The number of likely N-dealkylation sites (tertiary alicyclic amines) is 1. The highest BCUT2D eigenvalue weighted by Crippen LogP contribution is 2.36. The standard InChI is InChI=1S/C18H25N3OS/c1-13-7-9-21(10-8-13)12-17(22)20-18-15(11-19)14-5-3-2-4-6-16(14)23-18/h13H,2-10,12H2,1H3,(H,20,22)/p+1. The molecule has 23 heavy (non-hydrogen) atoms. The first-order chi connectivity index (χ1) is 11.2. The Morgan fingerprint density at radius 2 is 2.04 bits per heavy atom. The van der Waals surface area contributed by atoms with Crippen LogP contribution in [0.15, 0.2) is 0 Å². The van der Waals surface area contributed by atoms with Gasteiger partial charge < -0.3 is 10.2 Å². The molecule has 1 saturated heterocycles. The first-order valence-corrected chi connectivity index (χ1v) is 9.67. The van der Waals surface area contributed by atoms with Gasteiger partial charge in [0.2, 0.25) is 0 Å². The number of nitrogens with one attached hydrogen (secondary N) is 2.